The summed E-state index contributed by atoms with van der Waals surface area (Å²) in [6.07, 6.45) is 1.55. The maximum absolute atomic E-state index is 11.4. The first-order valence-electron chi connectivity index (χ1n) is 4.66. The predicted molar refractivity (Wildman–Crippen MR) is 59.1 cm³/mol. The molecule has 2 rings (SSSR count). The molecular weight excluding hydrogens is 208 g/mol. The van der Waals surface area contributed by atoms with Gasteiger partial charge in [-0.25, -0.2) is 9.67 Å². The van der Waals surface area contributed by atoms with Gasteiger partial charge in [-0.05, 0) is 17.7 Å². The third kappa shape index (κ3) is 2.17. The second kappa shape index (κ2) is 4.01. The SMILES string of the molecule is Nc1cc(Cn2[nH]c(=O)ccc2=O)ccn1. The largest absolute Gasteiger partial charge is 0.384 e. The highest BCUT2D eigenvalue weighted by Crippen LogP contribution is 2.02. The van der Waals surface area contributed by atoms with Crippen molar-refractivity contribution in [3.05, 3.63) is 56.7 Å². The Morgan fingerprint density at radius 1 is 1.31 bits per heavy atom. The number of rotatable bonds is 2. The molecular formula is C10H10N4O2. The summed E-state index contributed by atoms with van der Waals surface area (Å²) in [4.78, 5) is 26.3. The monoisotopic (exact) mass is 218 g/mol. The molecule has 16 heavy (non-hydrogen) atoms. The van der Waals surface area contributed by atoms with Gasteiger partial charge in [0.1, 0.15) is 5.82 Å². The third-order valence-electron chi connectivity index (χ3n) is 2.07. The number of nitrogens with zero attached hydrogens (tertiary/aromatic N) is 2. The van der Waals surface area contributed by atoms with E-state index < -0.39 is 0 Å². The third-order valence-corrected chi connectivity index (χ3v) is 2.07. The van der Waals surface area contributed by atoms with Gasteiger partial charge in [0.05, 0.1) is 6.54 Å². The molecule has 0 aliphatic heterocycles. The summed E-state index contributed by atoms with van der Waals surface area (Å²) in [6, 6.07) is 5.80. The molecule has 3 N–H and O–H groups in total. The van der Waals surface area contributed by atoms with Crippen LogP contribution in [0.25, 0.3) is 0 Å². The van der Waals surface area contributed by atoms with Gasteiger partial charge in [-0.2, -0.15) is 0 Å². The van der Waals surface area contributed by atoms with Crippen molar-refractivity contribution < 1.29 is 0 Å². The minimum absolute atomic E-state index is 0.266. The first kappa shape index (κ1) is 10.2. The van der Waals surface area contributed by atoms with E-state index in [1.807, 2.05) is 0 Å². The van der Waals surface area contributed by atoms with E-state index in [1.54, 1.807) is 18.3 Å². The molecule has 0 aromatic carbocycles. The van der Waals surface area contributed by atoms with E-state index in [-0.39, 0.29) is 17.7 Å². The van der Waals surface area contributed by atoms with E-state index in [4.69, 9.17) is 5.73 Å². The van der Waals surface area contributed by atoms with Gasteiger partial charge in [-0.3, -0.25) is 14.7 Å². The summed E-state index contributed by atoms with van der Waals surface area (Å²) in [5.74, 6) is 0.379. The van der Waals surface area contributed by atoms with Crippen molar-refractivity contribution >= 4 is 5.82 Å². The zero-order valence-corrected chi connectivity index (χ0v) is 8.38. The maximum atomic E-state index is 11.4. The van der Waals surface area contributed by atoms with Crippen LogP contribution in [0.5, 0.6) is 0 Å². The molecule has 0 bridgehead atoms. The Bertz CT molecular complexity index is 614. The van der Waals surface area contributed by atoms with Gasteiger partial charge in [-0.15, -0.1) is 0 Å². The Morgan fingerprint density at radius 3 is 2.88 bits per heavy atom. The molecule has 0 spiro atoms. The number of pyridine rings is 1. The molecule has 0 aliphatic rings. The number of anilines is 1. The maximum Gasteiger partial charge on any atom is 0.265 e. The lowest BCUT2D eigenvalue weighted by atomic mass is 10.2. The normalized spacial score (nSPS) is 10.2. The van der Waals surface area contributed by atoms with E-state index in [0.717, 1.165) is 5.56 Å². The van der Waals surface area contributed by atoms with Gasteiger partial charge in [0.15, 0.2) is 0 Å². The van der Waals surface area contributed by atoms with Crippen molar-refractivity contribution in [2.24, 2.45) is 0 Å². The molecule has 0 saturated heterocycles. The zero-order valence-electron chi connectivity index (χ0n) is 8.38. The molecule has 0 unspecified atom stereocenters. The van der Waals surface area contributed by atoms with E-state index in [9.17, 15) is 9.59 Å². The fourth-order valence-electron chi connectivity index (χ4n) is 1.36. The van der Waals surface area contributed by atoms with Gasteiger partial charge in [0.2, 0.25) is 0 Å². The average molecular weight is 218 g/mol. The van der Waals surface area contributed by atoms with E-state index in [0.29, 0.717) is 5.82 Å². The van der Waals surface area contributed by atoms with Crippen molar-refractivity contribution in [2.45, 2.75) is 6.54 Å². The zero-order chi connectivity index (χ0) is 11.5. The van der Waals surface area contributed by atoms with Crippen molar-refractivity contribution in [2.75, 3.05) is 5.73 Å². The fourth-order valence-corrected chi connectivity index (χ4v) is 1.36. The van der Waals surface area contributed by atoms with Crippen LogP contribution in [0.1, 0.15) is 5.56 Å². The number of nitrogens with two attached hydrogens (primary N) is 1. The number of aromatic nitrogens is 3. The number of hydrogen-bond acceptors (Lipinski definition) is 4. The van der Waals surface area contributed by atoms with Gasteiger partial charge < -0.3 is 5.73 Å². The van der Waals surface area contributed by atoms with Crippen LogP contribution in [0.15, 0.2) is 40.1 Å². The van der Waals surface area contributed by atoms with Crippen LogP contribution >= 0.6 is 0 Å². The number of H-pyrrole nitrogens is 1. The lowest BCUT2D eigenvalue weighted by Crippen LogP contribution is -2.28. The van der Waals surface area contributed by atoms with Crippen LogP contribution in [0.2, 0.25) is 0 Å². The molecule has 6 nitrogen and oxygen atoms in total. The van der Waals surface area contributed by atoms with Crippen molar-refractivity contribution in [3.8, 4) is 0 Å². The molecule has 0 atom stereocenters. The number of nitrogens with one attached hydrogen (secondary N) is 1. The molecule has 0 aliphatic carbocycles. The molecule has 2 aromatic rings. The summed E-state index contributed by atoms with van der Waals surface area (Å²) in [6.45, 7) is 0.266. The van der Waals surface area contributed by atoms with Gasteiger partial charge in [-0.1, -0.05) is 0 Å². The summed E-state index contributed by atoms with van der Waals surface area (Å²) in [7, 11) is 0. The molecule has 2 heterocycles. The van der Waals surface area contributed by atoms with E-state index in [2.05, 4.69) is 10.1 Å². The van der Waals surface area contributed by atoms with E-state index >= 15 is 0 Å². The summed E-state index contributed by atoms with van der Waals surface area (Å²) in [5.41, 5.74) is 5.73. The molecule has 82 valence electrons. The number of hydrogen-bond donors (Lipinski definition) is 2. The molecule has 0 radical (unpaired) electrons. The van der Waals surface area contributed by atoms with Crippen molar-refractivity contribution in [3.63, 3.8) is 0 Å². The summed E-state index contributed by atoms with van der Waals surface area (Å²) >= 11 is 0. The smallest absolute Gasteiger partial charge is 0.265 e. The summed E-state index contributed by atoms with van der Waals surface area (Å²) < 4.78 is 1.22. The van der Waals surface area contributed by atoms with Gasteiger partial charge in [0, 0.05) is 18.3 Å². The Morgan fingerprint density at radius 2 is 2.12 bits per heavy atom. The standard InChI is InChI=1S/C10H10N4O2/c11-8-5-7(3-4-12-8)6-14-10(16)2-1-9(15)13-14/h1-5H,6H2,(H2,11,12)(H,13,15). The van der Waals surface area contributed by atoms with Crippen molar-refractivity contribution in [1.29, 1.82) is 0 Å². The number of nitrogen functional groups attached to an aromatic ring is 1. The predicted octanol–water partition coefficient (Wildman–Crippen LogP) is -0.438. The number of aromatic amines is 1. The molecule has 0 amide bonds. The van der Waals surface area contributed by atoms with Crippen LogP contribution in [-0.2, 0) is 6.54 Å². The van der Waals surface area contributed by atoms with Gasteiger partial charge >= 0.3 is 0 Å². The minimum atomic E-state index is -0.318. The Balaban J connectivity index is 2.37. The highest BCUT2D eigenvalue weighted by molar-refractivity contribution is 5.31. The second-order valence-corrected chi connectivity index (χ2v) is 3.32. The highest BCUT2D eigenvalue weighted by Gasteiger charge is 1.99. The van der Waals surface area contributed by atoms with Crippen LogP contribution in [-0.4, -0.2) is 14.8 Å². The molecule has 6 heteroatoms. The molecule has 2 aromatic heterocycles. The average Bonchev–Trinajstić information content (AvgIpc) is 2.24. The Kier molecular flexibility index (Phi) is 2.55. The summed E-state index contributed by atoms with van der Waals surface area (Å²) in [5, 5.41) is 2.43. The van der Waals surface area contributed by atoms with Crippen molar-refractivity contribution in [1.82, 2.24) is 14.8 Å². The Labute approximate surface area is 90.4 Å². The van der Waals surface area contributed by atoms with Crippen LogP contribution in [0.3, 0.4) is 0 Å². The lowest BCUT2D eigenvalue weighted by molar-refractivity contribution is 0.627. The first-order chi connectivity index (χ1) is 7.65. The van der Waals surface area contributed by atoms with Gasteiger partial charge in [0.25, 0.3) is 11.1 Å². The van der Waals surface area contributed by atoms with Crippen LogP contribution in [0, 0.1) is 0 Å². The molecule has 0 saturated carbocycles. The quantitative estimate of drug-likeness (QED) is 0.714. The highest BCUT2D eigenvalue weighted by atomic mass is 16.1. The minimum Gasteiger partial charge on any atom is -0.384 e. The topological polar surface area (TPSA) is 93.8 Å². The Hall–Kier alpha value is -2.37. The van der Waals surface area contributed by atoms with Crippen LogP contribution in [0.4, 0.5) is 5.82 Å². The molecule has 0 fully saturated rings. The lowest BCUT2D eigenvalue weighted by Gasteiger charge is -2.04. The second-order valence-electron chi connectivity index (χ2n) is 3.32. The van der Waals surface area contributed by atoms with Crippen LogP contribution < -0.4 is 16.9 Å². The first-order valence-corrected chi connectivity index (χ1v) is 4.66. The van der Waals surface area contributed by atoms with E-state index in [1.165, 1.54) is 16.8 Å². The fraction of sp³-hybridized carbons (Fsp3) is 0.100.